The number of amides is 2. The third kappa shape index (κ3) is 3.58. The van der Waals surface area contributed by atoms with Crippen molar-refractivity contribution in [3.8, 4) is 0 Å². The van der Waals surface area contributed by atoms with E-state index < -0.39 is 36.4 Å². The molecule has 1 saturated heterocycles. The van der Waals surface area contributed by atoms with Crippen molar-refractivity contribution in [2.24, 2.45) is 0 Å². The first kappa shape index (κ1) is 16.8. The van der Waals surface area contributed by atoms with Gasteiger partial charge in [0.15, 0.2) is 5.60 Å². The molecule has 5 nitrogen and oxygen atoms in total. The van der Waals surface area contributed by atoms with Crippen LogP contribution in [0.3, 0.4) is 0 Å². The van der Waals surface area contributed by atoms with E-state index in [9.17, 15) is 27.9 Å². The van der Waals surface area contributed by atoms with Crippen LogP contribution in [0.5, 0.6) is 0 Å². The lowest BCUT2D eigenvalue weighted by Crippen LogP contribution is -2.55. The predicted octanol–water partition coefficient (Wildman–Crippen LogP) is 1.39. The highest BCUT2D eigenvalue weighted by molar-refractivity contribution is 7.12. The fraction of sp³-hybridized carbons (Fsp3) is 0.538. The summed E-state index contributed by atoms with van der Waals surface area (Å²) in [6, 6.07) is 3.30. The first-order valence-corrected chi connectivity index (χ1v) is 7.49. The van der Waals surface area contributed by atoms with Crippen LogP contribution in [-0.4, -0.2) is 53.2 Å². The molecule has 22 heavy (non-hydrogen) atoms. The van der Waals surface area contributed by atoms with Gasteiger partial charge in [-0.25, -0.2) is 0 Å². The van der Waals surface area contributed by atoms with E-state index in [0.29, 0.717) is 4.88 Å². The maximum Gasteiger partial charge on any atom is 0.417 e. The molecule has 0 atom stereocenters. The quantitative estimate of drug-likeness (QED) is 0.876. The zero-order chi connectivity index (χ0) is 16.4. The van der Waals surface area contributed by atoms with E-state index in [1.54, 1.807) is 17.5 Å². The van der Waals surface area contributed by atoms with Gasteiger partial charge in [0, 0.05) is 25.9 Å². The molecule has 1 aromatic rings. The number of carbonyl (C=O) groups excluding carboxylic acids is 2. The molecule has 1 aliphatic rings. The van der Waals surface area contributed by atoms with Crippen LogP contribution >= 0.6 is 11.3 Å². The van der Waals surface area contributed by atoms with E-state index in [2.05, 4.69) is 5.32 Å². The van der Waals surface area contributed by atoms with Gasteiger partial charge in [-0.05, 0) is 11.4 Å². The van der Waals surface area contributed by atoms with Gasteiger partial charge < -0.3 is 15.3 Å². The smallest absolute Gasteiger partial charge is 0.380 e. The Morgan fingerprint density at radius 3 is 2.50 bits per heavy atom. The van der Waals surface area contributed by atoms with Crippen molar-refractivity contribution < 1.29 is 27.9 Å². The number of carbonyl (C=O) groups is 2. The van der Waals surface area contributed by atoms with Crippen LogP contribution < -0.4 is 5.32 Å². The molecule has 0 unspecified atom stereocenters. The number of thiophene rings is 1. The average Bonchev–Trinajstić information content (AvgIpc) is 2.98. The number of halogens is 3. The number of alkyl halides is 3. The molecule has 0 radical (unpaired) electrons. The van der Waals surface area contributed by atoms with Gasteiger partial charge in [-0.1, -0.05) is 6.07 Å². The Morgan fingerprint density at radius 2 is 2.00 bits per heavy atom. The molecule has 0 aliphatic carbocycles. The standard InChI is InChI=1S/C13H15F3N2O3S/c14-13(15,16)12(21)3-5-18(6-4-12)10(19)8-17-11(20)9-2-1-7-22-9/h1-2,7,21H,3-6,8H2,(H,17,20). The molecule has 2 heterocycles. The maximum atomic E-state index is 12.7. The Labute approximate surface area is 128 Å². The average molecular weight is 336 g/mol. The van der Waals surface area contributed by atoms with Gasteiger partial charge >= 0.3 is 6.18 Å². The molecule has 0 spiro atoms. The Kier molecular flexibility index (Phi) is 4.76. The van der Waals surface area contributed by atoms with E-state index in [1.165, 1.54) is 16.2 Å². The van der Waals surface area contributed by atoms with Crippen LogP contribution in [0.15, 0.2) is 17.5 Å². The van der Waals surface area contributed by atoms with E-state index in [-0.39, 0.29) is 19.6 Å². The van der Waals surface area contributed by atoms with Crippen LogP contribution in [0, 0.1) is 0 Å². The second-order valence-corrected chi connectivity index (χ2v) is 6.02. The van der Waals surface area contributed by atoms with Gasteiger partial charge in [-0.3, -0.25) is 9.59 Å². The number of nitrogens with zero attached hydrogens (tertiary/aromatic N) is 1. The van der Waals surface area contributed by atoms with Crippen molar-refractivity contribution in [3.63, 3.8) is 0 Å². The minimum Gasteiger partial charge on any atom is -0.380 e. The fourth-order valence-corrected chi connectivity index (χ4v) is 2.81. The van der Waals surface area contributed by atoms with Gasteiger partial charge in [-0.15, -0.1) is 11.3 Å². The highest BCUT2D eigenvalue weighted by Gasteiger charge is 2.54. The highest BCUT2D eigenvalue weighted by Crippen LogP contribution is 2.38. The van der Waals surface area contributed by atoms with Gasteiger partial charge in [-0.2, -0.15) is 13.2 Å². The van der Waals surface area contributed by atoms with Crippen molar-refractivity contribution in [3.05, 3.63) is 22.4 Å². The summed E-state index contributed by atoms with van der Waals surface area (Å²) in [5.41, 5.74) is -2.73. The molecule has 1 fully saturated rings. The largest absolute Gasteiger partial charge is 0.417 e. The Hall–Kier alpha value is -1.61. The Bertz CT molecular complexity index is 537. The molecular weight excluding hydrogens is 321 g/mol. The van der Waals surface area contributed by atoms with Crippen molar-refractivity contribution in [2.75, 3.05) is 19.6 Å². The van der Waals surface area contributed by atoms with Crippen LogP contribution in [0.25, 0.3) is 0 Å². The number of likely N-dealkylation sites (tertiary alicyclic amines) is 1. The lowest BCUT2D eigenvalue weighted by Gasteiger charge is -2.39. The third-order valence-corrected chi connectivity index (χ3v) is 4.48. The highest BCUT2D eigenvalue weighted by atomic mass is 32.1. The Balaban J connectivity index is 1.82. The molecule has 122 valence electrons. The summed E-state index contributed by atoms with van der Waals surface area (Å²) in [5.74, 6) is -0.860. The molecule has 2 rings (SSSR count). The summed E-state index contributed by atoms with van der Waals surface area (Å²) in [7, 11) is 0. The molecular formula is C13H15F3N2O3S. The lowest BCUT2D eigenvalue weighted by molar-refractivity contribution is -0.272. The summed E-state index contributed by atoms with van der Waals surface area (Å²) in [5, 5.41) is 13.7. The lowest BCUT2D eigenvalue weighted by atomic mass is 9.91. The zero-order valence-electron chi connectivity index (χ0n) is 11.5. The monoisotopic (exact) mass is 336 g/mol. The summed E-state index contributed by atoms with van der Waals surface area (Å²) < 4.78 is 38.0. The second kappa shape index (κ2) is 6.25. The maximum absolute atomic E-state index is 12.7. The van der Waals surface area contributed by atoms with Crippen LogP contribution in [0.1, 0.15) is 22.5 Å². The SMILES string of the molecule is O=C(NCC(=O)N1CCC(O)(C(F)(F)F)CC1)c1cccs1. The van der Waals surface area contributed by atoms with Gasteiger partial charge in [0.05, 0.1) is 11.4 Å². The molecule has 0 bridgehead atoms. The number of aliphatic hydroxyl groups is 1. The van der Waals surface area contributed by atoms with Gasteiger partial charge in [0.1, 0.15) is 0 Å². The topological polar surface area (TPSA) is 69.6 Å². The normalized spacial score (nSPS) is 18.1. The molecule has 2 amide bonds. The molecule has 1 aromatic heterocycles. The van der Waals surface area contributed by atoms with E-state index in [1.807, 2.05) is 0 Å². The summed E-state index contributed by atoms with van der Waals surface area (Å²) >= 11 is 1.23. The number of piperidine rings is 1. The molecule has 9 heteroatoms. The molecule has 0 saturated carbocycles. The van der Waals surface area contributed by atoms with Crippen molar-refractivity contribution in [1.82, 2.24) is 10.2 Å². The van der Waals surface area contributed by atoms with Crippen molar-refractivity contribution in [2.45, 2.75) is 24.6 Å². The van der Waals surface area contributed by atoms with Crippen LogP contribution in [-0.2, 0) is 4.79 Å². The van der Waals surface area contributed by atoms with E-state index in [4.69, 9.17) is 0 Å². The van der Waals surface area contributed by atoms with E-state index in [0.717, 1.165) is 0 Å². The van der Waals surface area contributed by atoms with Crippen LogP contribution in [0.2, 0.25) is 0 Å². The Morgan fingerprint density at radius 1 is 1.36 bits per heavy atom. The van der Waals surface area contributed by atoms with Crippen molar-refractivity contribution in [1.29, 1.82) is 0 Å². The predicted molar refractivity (Wildman–Crippen MR) is 73.5 cm³/mol. The summed E-state index contributed by atoms with van der Waals surface area (Å²) in [4.78, 5) is 25.2. The number of hydrogen-bond acceptors (Lipinski definition) is 4. The van der Waals surface area contributed by atoms with E-state index >= 15 is 0 Å². The van der Waals surface area contributed by atoms with Crippen molar-refractivity contribution >= 4 is 23.2 Å². The number of rotatable bonds is 3. The second-order valence-electron chi connectivity index (χ2n) is 5.07. The third-order valence-electron chi connectivity index (χ3n) is 3.62. The fourth-order valence-electron chi connectivity index (χ4n) is 2.17. The van der Waals surface area contributed by atoms with Gasteiger partial charge in [0.25, 0.3) is 5.91 Å². The minimum absolute atomic E-state index is 0.191. The number of hydrogen-bond donors (Lipinski definition) is 2. The summed E-state index contributed by atoms with van der Waals surface area (Å²) in [6.07, 6.45) is -5.81. The summed E-state index contributed by atoms with van der Waals surface area (Å²) in [6.45, 7) is -0.658. The van der Waals surface area contributed by atoms with Crippen LogP contribution in [0.4, 0.5) is 13.2 Å². The number of nitrogens with one attached hydrogen (secondary N) is 1. The molecule has 2 N–H and O–H groups in total. The first-order chi connectivity index (χ1) is 10.2. The molecule has 0 aromatic carbocycles. The first-order valence-electron chi connectivity index (χ1n) is 6.61. The molecule has 1 aliphatic heterocycles. The zero-order valence-corrected chi connectivity index (χ0v) is 12.3. The van der Waals surface area contributed by atoms with Gasteiger partial charge in [0.2, 0.25) is 5.91 Å². The minimum atomic E-state index is -4.70.